The van der Waals surface area contributed by atoms with Gasteiger partial charge in [-0.25, -0.2) is 4.98 Å². The first kappa shape index (κ1) is 19.3. The van der Waals surface area contributed by atoms with E-state index in [1.54, 1.807) is 12.1 Å². The summed E-state index contributed by atoms with van der Waals surface area (Å²) < 4.78 is 16.5. The average molecular weight is 486 g/mol. The third kappa shape index (κ3) is 4.81. The molecule has 3 rings (SSSR count). The van der Waals surface area contributed by atoms with Crippen LogP contribution >= 0.6 is 30.4 Å². The van der Waals surface area contributed by atoms with Crippen LogP contribution < -0.4 is 9.64 Å². The van der Waals surface area contributed by atoms with Gasteiger partial charge in [0.2, 0.25) is 5.89 Å². The number of aromatic nitrogens is 1. The van der Waals surface area contributed by atoms with Crippen LogP contribution in [0.2, 0.25) is 0 Å². The van der Waals surface area contributed by atoms with Crippen molar-refractivity contribution in [3.63, 3.8) is 0 Å². The van der Waals surface area contributed by atoms with Gasteiger partial charge in [0, 0.05) is 52.6 Å². The van der Waals surface area contributed by atoms with E-state index in [4.69, 9.17) is 13.3 Å². The molecule has 0 radical (unpaired) electrons. The number of hydrogen-bond donors (Lipinski definition) is 1. The first-order valence-corrected chi connectivity index (χ1v) is 11.2. The van der Waals surface area contributed by atoms with Gasteiger partial charge in [0.05, 0.1) is 15.8 Å². The smallest absolute Gasteiger partial charge is 0.227 e. The lowest BCUT2D eigenvalue weighted by molar-refractivity contribution is 0.0707. The molecule has 1 atom stereocenters. The van der Waals surface area contributed by atoms with Gasteiger partial charge < -0.3 is 23.3 Å². The molecule has 1 unspecified atom stereocenters. The number of rotatable bonds is 8. The Morgan fingerprint density at radius 2 is 1.96 bits per heavy atom. The molecule has 1 heterocycles. The Morgan fingerprint density at radius 3 is 2.65 bits per heavy atom. The minimum atomic E-state index is -0.684. The molecule has 0 bridgehead atoms. The molecular weight excluding hydrogens is 467 g/mol. The zero-order valence-corrected chi connectivity index (χ0v) is 17.4. The molecule has 8 heteroatoms. The predicted molar refractivity (Wildman–Crippen MR) is 113 cm³/mol. The second kappa shape index (κ2) is 8.94. The van der Waals surface area contributed by atoms with Crippen molar-refractivity contribution in [2.24, 2.45) is 0 Å². The number of aliphatic hydroxyl groups excluding tert-OH is 1. The monoisotopic (exact) mass is 486 g/mol. The van der Waals surface area contributed by atoms with Crippen molar-refractivity contribution in [2.45, 2.75) is 6.10 Å². The number of aliphatic hydroxyl groups is 1. The zero-order chi connectivity index (χ0) is 18.5. The van der Waals surface area contributed by atoms with Crippen LogP contribution in [-0.4, -0.2) is 43.5 Å². The molecule has 0 aliphatic carbocycles. The Bertz CT molecular complexity index is 854. The molecular formula is C18H19IN2O4S. The standard InChI is InChI=1S/C18H19IN2O4S/c1-21(2)13-5-3-12(4-6-13)18-20-16-9-15(7-8-17(16)25-18)23-10-14(22)11-24-26-19/h3-9,14,22H,10-11H2,1-2H3. The fourth-order valence-electron chi connectivity index (χ4n) is 2.37. The van der Waals surface area contributed by atoms with Gasteiger partial charge in [0.1, 0.15) is 24.0 Å². The van der Waals surface area contributed by atoms with Gasteiger partial charge in [-0.15, -0.1) is 0 Å². The van der Waals surface area contributed by atoms with E-state index < -0.39 is 6.10 Å². The van der Waals surface area contributed by atoms with Gasteiger partial charge in [-0.05, 0) is 36.4 Å². The minimum absolute atomic E-state index is 0.152. The minimum Gasteiger partial charge on any atom is -0.491 e. The number of halogens is 1. The molecule has 1 aromatic heterocycles. The van der Waals surface area contributed by atoms with Crippen molar-refractivity contribution in [3.05, 3.63) is 42.5 Å². The molecule has 0 fully saturated rings. The second-order valence-corrected chi connectivity index (χ2v) is 7.34. The van der Waals surface area contributed by atoms with E-state index >= 15 is 0 Å². The summed E-state index contributed by atoms with van der Waals surface area (Å²) in [5, 5.41) is 9.76. The van der Waals surface area contributed by atoms with E-state index in [1.165, 1.54) is 9.21 Å². The van der Waals surface area contributed by atoms with Crippen molar-refractivity contribution in [3.8, 4) is 17.2 Å². The zero-order valence-electron chi connectivity index (χ0n) is 14.4. The van der Waals surface area contributed by atoms with Crippen molar-refractivity contribution < 1.29 is 18.4 Å². The van der Waals surface area contributed by atoms with E-state index in [-0.39, 0.29) is 13.2 Å². The van der Waals surface area contributed by atoms with Crippen LogP contribution in [0.15, 0.2) is 46.9 Å². The lowest BCUT2D eigenvalue weighted by atomic mass is 10.2. The maximum Gasteiger partial charge on any atom is 0.227 e. The van der Waals surface area contributed by atoms with E-state index in [0.717, 1.165) is 11.3 Å². The van der Waals surface area contributed by atoms with Crippen LogP contribution in [0.4, 0.5) is 5.69 Å². The molecule has 138 valence electrons. The highest BCUT2D eigenvalue weighted by Crippen LogP contribution is 2.28. The SMILES string of the molecule is CN(C)c1ccc(-c2nc3cc(OCC(O)COSI)ccc3o2)cc1. The number of oxazole rings is 1. The van der Waals surface area contributed by atoms with Crippen LogP contribution in [0, 0.1) is 0 Å². The maximum absolute atomic E-state index is 9.76. The Hall–Kier alpha value is -1.49. The Balaban J connectivity index is 1.72. The van der Waals surface area contributed by atoms with Gasteiger partial charge in [0.25, 0.3) is 0 Å². The molecule has 0 aliphatic heterocycles. The third-order valence-corrected chi connectivity index (χ3v) is 4.73. The normalized spacial score (nSPS) is 12.3. The highest BCUT2D eigenvalue weighted by Gasteiger charge is 2.11. The number of anilines is 1. The number of nitrogens with zero attached hydrogens (tertiary/aromatic N) is 2. The number of ether oxygens (including phenoxy) is 1. The van der Waals surface area contributed by atoms with E-state index in [0.29, 0.717) is 22.7 Å². The lowest BCUT2D eigenvalue weighted by Gasteiger charge is -2.11. The van der Waals surface area contributed by atoms with Gasteiger partial charge in [0.15, 0.2) is 5.58 Å². The largest absolute Gasteiger partial charge is 0.491 e. The van der Waals surface area contributed by atoms with Crippen LogP contribution in [0.3, 0.4) is 0 Å². The van der Waals surface area contributed by atoms with Gasteiger partial charge in [-0.1, -0.05) is 0 Å². The molecule has 0 spiro atoms. The summed E-state index contributed by atoms with van der Waals surface area (Å²) in [4.78, 5) is 6.58. The molecule has 2 aromatic carbocycles. The van der Waals surface area contributed by atoms with Crippen LogP contribution in [-0.2, 0) is 4.18 Å². The molecule has 0 aliphatic rings. The predicted octanol–water partition coefficient (Wildman–Crippen LogP) is 4.32. The Labute approximate surface area is 168 Å². The van der Waals surface area contributed by atoms with Crippen molar-refractivity contribution >= 4 is 47.2 Å². The number of fused-ring (bicyclic) bond motifs is 1. The number of benzene rings is 2. The molecule has 3 aromatic rings. The fourth-order valence-corrected chi connectivity index (χ4v) is 3.02. The quantitative estimate of drug-likeness (QED) is 0.376. The van der Waals surface area contributed by atoms with Gasteiger partial charge in [-0.2, -0.15) is 0 Å². The van der Waals surface area contributed by atoms with Gasteiger partial charge in [-0.3, -0.25) is 0 Å². The average Bonchev–Trinajstić information content (AvgIpc) is 3.08. The van der Waals surface area contributed by atoms with Crippen LogP contribution in [0.5, 0.6) is 5.75 Å². The maximum atomic E-state index is 9.76. The lowest BCUT2D eigenvalue weighted by Crippen LogP contribution is -2.21. The van der Waals surface area contributed by atoms with Crippen molar-refractivity contribution in [1.29, 1.82) is 0 Å². The van der Waals surface area contributed by atoms with E-state index in [1.807, 2.05) is 70.5 Å². The number of hydrogen-bond acceptors (Lipinski definition) is 7. The summed E-state index contributed by atoms with van der Waals surface area (Å²) in [5.41, 5.74) is 3.43. The Morgan fingerprint density at radius 1 is 1.19 bits per heavy atom. The third-order valence-electron chi connectivity index (χ3n) is 3.74. The summed E-state index contributed by atoms with van der Waals surface area (Å²) in [6, 6.07) is 13.4. The molecule has 1 N–H and O–H groups in total. The highest BCUT2D eigenvalue weighted by atomic mass is 127. The first-order chi connectivity index (χ1) is 12.6. The first-order valence-electron chi connectivity index (χ1n) is 7.96. The van der Waals surface area contributed by atoms with Crippen molar-refractivity contribution in [2.75, 3.05) is 32.2 Å². The second-order valence-electron chi connectivity index (χ2n) is 5.90. The summed E-state index contributed by atoms with van der Waals surface area (Å²) in [5.74, 6) is 1.19. The van der Waals surface area contributed by atoms with E-state index in [2.05, 4.69) is 4.98 Å². The Kier molecular flexibility index (Phi) is 6.63. The van der Waals surface area contributed by atoms with Gasteiger partial charge >= 0.3 is 0 Å². The summed E-state index contributed by atoms with van der Waals surface area (Å²) in [6.07, 6.45) is -0.684. The van der Waals surface area contributed by atoms with Crippen molar-refractivity contribution in [1.82, 2.24) is 4.98 Å². The van der Waals surface area contributed by atoms with Crippen LogP contribution in [0.1, 0.15) is 0 Å². The highest BCUT2D eigenvalue weighted by molar-refractivity contribution is 14.2. The fraction of sp³-hybridized carbons (Fsp3) is 0.278. The molecule has 0 amide bonds. The molecule has 0 saturated heterocycles. The molecule has 6 nitrogen and oxygen atoms in total. The summed E-state index contributed by atoms with van der Waals surface area (Å²) in [7, 11) is 5.19. The van der Waals surface area contributed by atoms with E-state index in [9.17, 15) is 5.11 Å². The molecule has 0 saturated carbocycles. The van der Waals surface area contributed by atoms with Crippen LogP contribution in [0.25, 0.3) is 22.6 Å². The topological polar surface area (TPSA) is 68.0 Å². The molecule has 26 heavy (non-hydrogen) atoms. The summed E-state index contributed by atoms with van der Waals surface area (Å²) in [6.45, 7) is 0.367. The summed E-state index contributed by atoms with van der Waals surface area (Å²) >= 11 is 2.00.